The Hall–Kier alpha value is -1.92. The number of hydrogen-bond donors (Lipinski definition) is 2. The normalized spacial score (nSPS) is 9.83. The predicted molar refractivity (Wildman–Crippen MR) is 66.9 cm³/mol. The summed E-state index contributed by atoms with van der Waals surface area (Å²) in [6, 6.07) is 0. The molecule has 1 aromatic rings. The fraction of sp³-hybridized carbons (Fsp3) is 0.500. The van der Waals surface area contributed by atoms with Gasteiger partial charge in [-0.05, 0) is 25.1 Å². The average Bonchev–Trinajstić information content (AvgIpc) is 2.62. The summed E-state index contributed by atoms with van der Waals surface area (Å²) in [6.45, 7) is 0.142. The molecule has 1 rings (SSSR count). The van der Waals surface area contributed by atoms with Crippen molar-refractivity contribution in [2.24, 2.45) is 4.99 Å². The van der Waals surface area contributed by atoms with Gasteiger partial charge in [0.1, 0.15) is 6.54 Å². The van der Waals surface area contributed by atoms with Crippen molar-refractivity contribution >= 4 is 23.3 Å². The maximum Gasteiger partial charge on any atom is 0.329 e. The fourth-order valence-electron chi connectivity index (χ4n) is 1.41. The molecule has 0 bridgehead atoms. The standard InChI is InChI=1S/C10H13N3O4S/c1-17-8(14)5-13-9(15)7(12-10(13)16)3-2-4-11-6-18/h15H,2-5H2,1H3,(H,12,16). The van der Waals surface area contributed by atoms with Gasteiger partial charge in [0.2, 0.25) is 5.88 Å². The summed E-state index contributed by atoms with van der Waals surface area (Å²) in [7, 11) is 1.21. The number of aromatic nitrogens is 2. The molecular formula is C10H13N3O4S. The number of aromatic amines is 1. The van der Waals surface area contributed by atoms with Crippen molar-refractivity contribution in [2.45, 2.75) is 19.4 Å². The monoisotopic (exact) mass is 271 g/mol. The highest BCUT2D eigenvalue weighted by Crippen LogP contribution is 2.14. The molecule has 0 saturated heterocycles. The molecule has 18 heavy (non-hydrogen) atoms. The van der Waals surface area contributed by atoms with Gasteiger partial charge in [-0.25, -0.2) is 9.79 Å². The van der Waals surface area contributed by atoms with E-state index in [2.05, 4.69) is 32.1 Å². The van der Waals surface area contributed by atoms with Crippen molar-refractivity contribution in [2.75, 3.05) is 13.7 Å². The summed E-state index contributed by atoms with van der Waals surface area (Å²) in [5.41, 5.74) is -0.185. The Balaban J connectivity index is 2.77. The van der Waals surface area contributed by atoms with Crippen molar-refractivity contribution in [1.82, 2.24) is 9.55 Å². The van der Waals surface area contributed by atoms with E-state index in [4.69, 9.17) is 0 Å². The minimum atomic E-state index is -0.608. The molecule has 0 amide bonds. The molecule has 0 fully saturated rings. The molecule has 1 aromatic heterocycles. The number of aryl methyl sites for hydroxylation is 1. The van der Waals surface area contributed by atoms with E-state index in [1.165, 1.54) is 7.11 Å². The van der Waals surface area contributed by atoms with Crippen LogP contribution in [-0.4, -0.2) is 39.4 Å². The summed E-state index contributed by atoms with van der Waals surface area (Å²) in [6.07, 6.45) is 1.03. The molecule has 0 aliphatic rings. The molecule has 0 radical (unpaired) electrons. The van der Waals surface area contributed by atoms with Crippen LogP contribution in [0.4, 0.5) is 0 Å². The van der Waals surface area contributed by atoms with E-state index in [-0.39, 0.29) is 12.4 Å². The smallest absolute Gasteiger partial charge is 0.329 e. The molecule has 8 heteroatoms. The Morgan fingerprint density at radius 2 is 2.39 bits per heavy atom. The van der Waals surface area contributed by atoms with Crippen LogP contribution in [0, 0.1) is 0 Å². The fourth-order valence-corrected chi connectivity index (χ4v) is 1.50. The maximum absolute atomic E-state index is 11.5. The number of methoxy groups -OCH3 is 1. The van der Waals surface area contributed by atoms with E-state index in [1.807, 2.05) is 0 Å². The lowest BCUT2D eigenvalue weighted by molar-refractivity contribution is -0.141. The molecule has 0 unspecified atom stereocenters. The highest BCUT2D eigenvalue weighted by Gasteiger charge is 2.15. The predicted octanol–water partition coefficient (Wildman–Crippen LogP) is 0.0904. The van der Waals surface area contributed by atoms with Gasteiger partial charge in [-0.2, -0.15) is 0 Å². The first-order valence-electron chi connectivity index (χ1n) is 5.21. The quantitative estimate of drug-likeness (QED) is 0.331. The Bertz CT molecular complexity index is 528. The number of carbonyl (C=O) groups is 1. The number of esters is 1. The third-order valence-electron chi connectivity index (χ3n) is 2.30. The Kier molecular flexibility index (Phi) is 5.29. The molecule has 0 atom stereocenters. The van der Waals surface area contributed by atoms with Crippen molar-refractivity contribution in [1.29, 1.82) is 0 Å². The van der Waals surface area contributed by atoms with Crippen LogP contribution >= 0.6 is 12.2 Å². The zero-order chi connectivity index (χ0) is 13.5. The van der Waals surface area contributed by atoms with Gasteiger partial charge in [-0.1, -0.05) is 0 Å². The van der Waals surface area contributed by atoms with E-state index < -0.39 is 11.7 Å². The lowest BCUT2D eigenvalue weighted by atomic mass is 10.2. The largest absolute Gasteiger partial charge is 0.493 e. The minimum Gasteiger partial charge on any atom is -0.493 e. The van der Waals surface area contributed by atoms with Crippen molar-refractivity contribution in [3.63, 3.8) is 0 Å². The van der Waals surface area contributed by atoms with Crippen molar-refractivity contribution < 1.29 is 14.6 Å². The molecule has 0 spiro atoms. The average molecular weight is 271 g/mol. The highest BCUT2D eigenvalue weighted by molar-refractivity contribution is 7.78. The summed E-state index contributed by atoms with van der Waals surface area (Å²) < 4.78 is 5.35. The van der Waals surface area contributed by atoms with E-state index in [0.717, 1.165) is 4.57 Å². The van der Waals surface area contributed by atoms with Gasteiger partial charge in [0.05, 0.1) is 18.0 Å². The first-order valence-corrected chi connectivity index (χ1v) is 5.62. The van der Waals surface area contributed by atoms with Crippen LogP contribution in [0.5, 0.6) is 5.88 Å². The topological polar surface area (TPSA) is 96.7 Å². The highest BCUT2D eigenvalue weighted by atomic mass is 32.1. The van der Waals surface area contributed by atoms with Crippen LogP contribution in [0.1, 0.15) is 12.1 Å². The number of ether oxygens (including phenoxy) is 1. The SMILES string of the molecule is COC(=O)Cn1c(O)c(CCCN=C=S)[nH]c1=O. The lowest BCUT2D eigenvalue weighted by Crippen LogP contribution is -2.22. The Labute approximate surface area is 108 Å². The van der Waals surface area contributed by atoms with E-state index in [0.29, 0.717) is 25.1 Å². The summed E-state index contributed by atoms with van der Waals surface area (Å²) in [5.74, 6) is -0.861. The van der Waals surface area contributed by atoms with Crippen molar-refractivity contribution in [3.8, 4) is 5.88 Å². The number of imidazole rings is 1. The van der Waals surface area contributed by atoms with Gasteiger partial charge in [-0.3, -0.25) is 9.36 Å². The number of H-pyrrole nitrogens is 1. The minimum absolute atomic E-state index is 0.253. The number of hydrogen-bond acceptors (Lipinski definition) is 6. The number of isothiocyanates is 1. The van der Waals surface area contributed by atoms with Crippen LogP contribution in [0.25, 0.3) is 0 Å². The number of nitrogens with one attached hydrogen (secondary N) is 1. The number of carbonyl (C=O) groups excluding carboxylic acids is 1. The first kappa shape index (κ1) is 14.1. The molecule has 0 aliphatic heterocycles. The Morgan fingerprint density at radius 1 is 1.67 bits per heavy atom. The summed E-state index contributed by atoms with van der Waals surface area (Å²) in [4.78, 5) is 28.7. The number of rotatable bonds is 6. The van der Waals surface area contributed by atoms with Crippen LogP contribution in [0.15, 0.2) is 9.79 Å². The number of aliphatic imine (C=N–C) groups is 1. The zero-order valence-electron chi connectivity index (χ0n) is 9.80. The van der Waals surface area contributed by atoms with Crippen LogP contribution < -0.4 is 5.69 Å². The number of nitrogens with zero attached hydrogens (tertiary/aromatic N) is 2. The summed E-state index contributed by atoms with van der Waals surface area (Å²) >= 11 is 4.41. The molecular weight excluding hydrogens is 258 g/mol. The van der Waals surface area contributed by atoms with Gasteiger partial charge in [-0.15, -0.1) is 0 Å². The van der Waals surface area contributed by atoms with Gasteiger partial charge in [0.15, 0.2) is 0 Å². The van der Waals surface area contributed by atoms with Crippen LogP contribution in [-0.2, 0) is 22.5 Å². The van der Waals surface area contributed by atoms with Crippen molar-refractivity contribution in [3.05, 3.63) is 16.2 Å². The second-order valence-corrected chi connectivity index (χ2v) is 3.65. The second-order valence-electron chi connectivity index (χ2n) is 3.47. The van der Waals surface area contributed by atoms with Gasteiger partial charge in [0.25, 0.3) is 0 Å². The summed E-state index contributed by atoms with van der Waals surface area (Å²) in [5, 5.41) is 12.0. The molecule has 98 valence electrons. The first-order chi connectivity index (χ1) is 8.60. The van der Waals surface area contributed by atoms with Gasteiger partial charge in [0, 0.05) is 6.54 Å². The zero-order valence-corrected chi connectivity index (χ0v) is 10.6. The molecule has 2 N–H and O–H groups in total. The third-order valence-corrected chi connectivity index (χ3v) is 2.43. The van der Waals surface area contributed by atoms with Crippen LogP contribution in [0.3, 0.4) is 0 Å². The molecule has 0 saturated carbocycles. The number of aromatic hydroxyl groups is 1. The van der Waals surface area contributed by atoms with Gasteiger partial charge >= 0.3 is 11.7 Å². The number of thiocarbonyl (C=S) groups is 1. The lowest BCUT2D eigenvalue weighted by Gasteiger charge is -2.01. The molecule has 1 heterocycles. The molecule has 0 aliphatic carbocycles. The van der Waals surface area contributed by atoms with E-state index >= 15 is 0 Å². The van der Waals surface area contributed by atoms with E-state index in [9.17, 15) is 14.7 Å². The third kappa shape index (κ3) is 3.54. The maximum atomic E-state index is 11.5. The molecule has 0 aromatic carbocycles. The second kappa shape index (κ2) is 6.73. The van der Waals surface area contributed by atoms with Gasteiger partial charge < -0.3 is 14.8 Å². The Morgan fingerprint density at radius 3 is 3.00 bits per heavy atom. The van der Waals surface area contributed by atoms with Crippen LogP contribution in [0.2, 0.25) is 0 Å². The molecule has 7 nitrogen and oxygen atoms in total. The van der Waals surface area contributed by atoms with E-state index in [1.54, 1.807) is 0 Å².